The Balaban J connectivity index is 1.44. The minimum atomic E-state index is 1.03. The van der Waals surface area contributed by atoms with Gasteiger partial charge in [-0.05, 0) is 69.6 Å². The van der Waals surface area contributed by atoms with Gasteiger partial charge in [0.15, 0.2) is 0 Å². The van der Waals surface area contributed by atoms with Crippen molar-refractivity contribution in [1.82, 2.24) is 8.75 Å². The maximum absolute atomic E-state index is 4.96. The zero-order valence-corrected chi connectivity index (χ0v) is 24.2. The van der Waals surface area contributed by atoms with Gasteiger partial charge >= 0.3 is 0 Å². The third-order valence-electron chi connectivity index (χ3n) is 6.23. The van der Waals surface area contributed by atoms with Crippen molar-refractivity contribution in [2.45, 2.75) is 23.6 Å². The van der Waals surface area contributed by atoms with Crippen molar-refractivity contribution in [3.8, 4) is 43.4 Å². The fourth-order valence-corrected chi connectivity index (χ4v) is 9.16. The molecule has 0 fully saturated rings. The van der Waals surface area contributed by atoms with Crippen molar-refractivity contribution in [3.05, 3.63) is 120 Å². The van der Waals surface area contributed by atoms with Gasteiger partial charge in [0.2, 0.25) is 0 Å². The molecule has 0 N–H and O–H groups in total. The Labute approximate surface area is 239 Å². The second-order valence-corrected chi connectivity index (χ2v) is 12.7. The first-order chi connectivity index (χ1) is 18.7. The normalized spacial score (nSPS) is 11.1. The van der Waals surface area contributed by atoms with E-state index < -0.39 is 0 Å². The van der Waals surface area contributed by atoms with Crippen LogP contribution in [0.5, 0.6) is 0 Å². The molecule has 4 aromatic carbocycles. The molecule has 6 heteroatoms. The zero-order chi connectivity index (χ0) is 25.9. The highest BCUT2D eigenvalue weighted by atomic mass is 33.1. The molecule has 0 aliphatic rings. The Morgan fingerprint density at radius 3 is 1.18 bits per heavy atom. The second kappa shape index (κ2) is 11.3. The highest BCUT2D eigenvalue weighted by Crippen LogP contribution is 2.53. The predicted octanol–water partition coefficient (Wildman–Crippen LogP) is 10.7. The minimum Gasteiger partial charge on any atom is -0.191 e. The molecule has 0 atom stereocenters. The fraction of sp³-hybridized carbons (Fsp3) is 0.0625. The van der Waals surface area contributed by atoms with E-state index in [1.807, 2.05) is 0 Å². The Morgan fingerprint density at radius 1 is 0.447 bits per heavy atom. The van der Waals surface area contributed by atoms with E-state index >= 15 is 0 Å². The summed E-state index contributed by atoms with van der Waals surface area (Å²) in [5.41, 5.74) is 9.23. The lowest BCUT2D eigenvalue weighted by Gasteiger charge is -2.09. The molecule has 0 aliphatic heterocycles. The summed E-state index contributed by atoms with van der Waals surface area (Å²) in [4.78, 5) is 4.77. The summed E-state index contributed by atoms with van der Waals surface area (Å²) in [6, 6.07) is 38.5. The molecule has 2 aromatic heterocycles. The Hall–Kier alpha value is -3.16. The maximum atomic E-state index is 4.96. The van der Waals surface area contributed by atoms with Crippen molar-refractivity contribution < 1.29 is 0 Å². The summed E-state index contributed by atoms with van der Waals surface area (Å²) in [5, 5.41) is 0. The molecule has 0 radical (unpaired) electrons. The molecular weight excluding hydrogens is 541 g/mol. The Morgan fingerprint density at radius 2 is 0.816 bits per heavy atom. The molecule has 6 aromatic rings. The molecule has 0 spiro atoms. The van der Waals surface area contributed by atoms with Crippen LogP contribution in [0.3, 0.4) is 0 Å². The molecule has 6 rings (SSSR count). The minimum absolute atomic E-state index is 1.03. The van der Waals surface area contributed by atoms with Crippen LogP contribution in [-0.4, -0.2) is 8.75 Å². The molecule has 0 bridgehead atoms. The number of nitrogens with zero attached hydrogens (tertiary/aromatic N) is 2. The van der Waals surface area contributed by atoms with Gasteiger partial charge in [0.25, 0.3) is 0 Å². The van der Waals surface area contributed by atoms with Crippen molar-refractivity contribution in [1.29, 1.82) is 0 Å². The molecule has 0 saturated carbocycles. The summed E-state index contributed by atoms with van der Waals surface area (Å²) in [6.45, 7) is 4.24. The average molecular weight is 565 g/mol. The predicted molar refractivity (Wildman–Crippen MR) is 167 cm³/mol. The van der Waals surface area contributed by atoms with E-state index in [1.54, 1.807) is 44.7 Å². The van der Waals surface area contributed by atoms with E-state index in [0.29, 0.717) is 0 Å². The molecular formula is C32H24N2S4. The Kier molecular flexibility index (Phi) is 7.47. The highest BCUT2D eigenvalue weighted by Gasteiger charge is 2.22. The Bertz CT molecular complexity index is 1530. The quantitative estimate of drug-likeness (QED) is 0.180. The number of hydrogen-bond donors (Lipinski definition) is 0. The third kappa shape index (κ3) is 5.22. The highest BCUT2D eigenvalue weighted by molar-refractivity contribution is 8.76. The van der Waals surface area contributed by atoms with E-state index in [4.69, 9.17) is 8.75 Å². The van der Waals surface area contributed by atoms with Gasteiger partial charge in [0.05, 0.1) is 30.9 Å². The molecule has 2 nitrogen and oxygen atoms in total. The molecule has 0 saturated heterocycles. The van der Waals surface area contributed by atoms with E-state index in [0.717, 1.165) is 22.5 Å². The molecule has 2 heterocycles. The number of hydrogen-bond acceptors (Lipinski definition) is 6. The van der Waals surface area contributed by atoms with Crippen LogP contribution >= 0.6 is 44.7 Å². The first-order valence-corrected chi connectivity index (χ1v) is 16.0. The molecule has 38 heavy (non-hydrogen) atoms. The number of aromatic nitrogens is 2. The topological polar surface area (TPSA) is 25.8 Å². The molecule has 0 amide bonds. The van der Waals surface area contributed by atoms with E-state index in [-0.39, 0.29) is 0 Å². The van der Waals surface area contributed by atoms with E-state index in [2.05, 4.69) is 123 Å². The van der Waals surface area contributed by atoms with Crippen LogP contribution in [0, 0.1) is 13.8 Å². The van der Waals surface area contributed by atoms with Gasteiger partial charge in [-0.1, -0.05) is 120 Å². The summed E-state index contributed by atoms with van der Waals surface area (Å²) in [6.07, 6.45) is 0. The monoisotopic (exact) mass is 564 g/mol. The first kappa shape index (κ1) is 25.1. The van der Waals surface area contributed by atoms with Gasteiger partial charge in [-0.15, -0.1) is 0 Å². The lowest BCUT2D eigenvalue weighted by atomic mass is 10.1. The largest absolute Gasteiger partial charge is 0.191 e. The van der Waals surface area contributed by atoms with Crippen LogP contribution in [0.1, 0.15) is 11.1 Å². The van der Waals surface area contributed by atoms with Crippen LogP contribution in [-0.2, 0) is 0 Å². The van der Waals surface area contributed by atoms with Crippen LogP contribution in [0.4, 0.5) is 0 Å². The number of rotatable bonds is 7. The lowest BCUT2D eigenvalue weighted by Crippen LogP contribution is -1.84. The van der Waals surface area contributed by atoms with Gasteiger partial charge in [-0.3, -0.25) is 0 Å². The summed E-state index contributed by atoms with van der Waals surface area (Å²) >= 11 is 3.14. The van der Waals surface area contributed by atoms with Gasteiger partial charge in [0.1, 0.15) is 0 Å². The molecule has 0 aliphatic carbocycles. The number of benzene rings is 4. The van der Waals surface area contributed by atoms with Gasteiger partial charge < -0.3 is 0 Å². The first-order valence-electron chi connectivity index (χ1n) is 12.3. The number of aryl methyl sites for hydroxylation is 2. The van der Waals surface area contributed by atoms with Gasteiger partial charge in [-0.2, -0.15) is 8.75 Å². The summed E-state index contributed by atoms with van der Waals surface area (Å²) in [7, 11) is 3.57. The molecule has 0 unspecified atom stereocenters. The smallest absolute Gasteiger partial charge is 0.0991 e. The standard InChI is InChI=1S/C32H24N2S4/c1-21-13-17-23(18-14-21)27-31(29(35-33-27)25-9-5-3-6-10-25)37-38-32-28(24-19-15-22(2)16-20-24)34-36-30(32)26-11-7-4-8-12-26/h3-20H,1-2H3. The SMILES string of the molecule is Cc1ccc(-c2nsc(-c3ccccc3)c2SSc2c(-c3ccc(C)cc3)nsc2-c2ccccc2)cc1. The van der Waals surface area contributed by atoms with E-state index in [1.165, 1.54) is 41.8 Å². The summed E-state index contributed by atoms with van der Waals surface area (Å²) in [5.74, 6) is 0. The van der Waals surface area contributed by atoms with Crippen LogP contribution in [0.2, 0.25) is 0 Å². The van der Waals surface area contributed by atoms with Crippen LogP contribution in [0.25, 0.3) is 43.4 Å². The van der Waals surface area contributed by atoms with Gasteiger partial charge in [0, 0.05) is 11.1 Å². The third-order valence-corrected chi connectivity index (χ3v) is 10.7. The van der Waals surface area contributed by atoms with Crippen molar-refractivity contribution in [2.75, 3.05) is 0 Å². The maximum Gasteiger partial charge on any atom is 0.0991 e. The summed E-state index contributed by atoms with van der Waals surface area (Å²) < 4.78 is 9.92. The van der Waals surface area contributed by atoms with Crippen molar-refractivity contribution >= 4 is 44.7 Å². The molecule has 186 valence electrons. The van der Waals surface area contributed by atoms with Crippen LogP contribution < -0.4 is 0 Å². The lowest BCUT2D eigenvalue weighted by molar-refractivity contribution is 1.39. The van der Waals surface area contributed by atoms with Gasteiger partial charge in [-0.25, -0.2) is 0 Å². The van der Waals surface area contributed by atoms with Crippen molar-refractivity contribution in [3.63, 3.8) is 0 Å². The van der Waals surface area contributed by atoms with E-state index in [9.17, 15) is 0 Å². The van der Waals surface area contributed by atoms with Crippen LogP contribution in [0.15, 0.2) is 119 Å². The van der Waals surface area contributed by atoms with Crippen molar-refractivity contribution in [2.24, 2.45) is 0 Å². The average Bonchev–Trinajstić information content (AvgIpc) is 3.58. The second-order valence-electron chi connectivity index (χ2n) is 9.01. The zero-order valence-electron chi connectivity index (χ0n) is 20.9. The fourth-order valence-electron chi connectivity index (χ4n) is 4.14.